The monoisotopic (exact) mass is 515 g/mol. The fourth-order valence-electron chi connectivity index (χ4n) is 5.24. The molecule has 0 saturated carbocycles. The van der Waals surface area contributed by atoms with E-state index in [1.54, 1.807) is 6.92 Å². The summed E-state index contributed by atoms with van der Waals surface area (Å²) < 4.78 is 0. The summed E-state index contributed by atoms with van der Waals surface area (Å²) in [6.07, 6.45) is 5.60. The summed E-state index contributed by atoms with van der Waals surface area (Å²) in [5.74, 6) is 0.123. The first-order valence-electron chi connectivity index (χ1n) is 13.1. The molecule has 1 aliphatic heterocycles. The van der Waals surface area contributed by atoms with E-state index in [2.05, 4.69) is 49.3 Å². The summed E-state index contributed by atoms with van der Waals surface area (Å²) >= 11 is 0. The molecule has 0 atom stereocenters. The average Bonchev–Trinajstić information content (AvgIpc) is 3.42. The second-order valence-corrected chi connectivity index (χ2v) is 10.6. The van der Waals surface area contributed by atoms with Crippen molar-refractivity contribution in [3.05, 3.63) is 72.7 Å². The van der Waals surface area contributed by atoms with Gasteiger partial charge in [0, 0.05) is 61.2 Å². The van der Waals surface area contributed by atoms with Gasteiger partial charge in [0.2, 0.25) is 5.91 Å². The fraction of sp³-hybridized carbons (Fsp3) is 0.258. The molecule has 0 aliphatic carbocycles. The van der Waals surface area contributed by atoms with Crippen molar-refractivity contribution in [2.75, 3.05) is 31.1 Å². The third-order valence-electron chi connectivity index (χ3n) is 7.70. The largest absolute Gasteiger partial charge is 0.367 e. The minimum absolute atomic E-state index is 0.123. The van der Waals surface area contributed by atoms with Gasteiger partial charge in [-0.15, -0.1) is 0 Å². The normalized spacial score (nSPS) is 14.1. The van der Waals surface area contributed by atoms with Crippen molar-refractivity contribution < 1.29 is 4.79 Å². The number of carbonyl (C=O) groups excluding carboxylic acids is 1. The number of hydrogen-bond acceptors (Lipinski definition) is 6. The fourth-order valence-corrected chi connectivity index (χ4v) is 5.24. The van der Waals surface area contributed by atoms with Gasteiger partial charge < -0.3 is 9.80 Å². The van der Waals surface area contributed by atoms with Crippen LogP contribution in [-0.4, -0.2) is 57.2 Å². The van der Waals surface area contributed by atoms with Crippen molar-refractivity contribution in [2.45, 2.75) is 26.2 Å². The zero-order chi connectivity index (χ0) is 27.1. The minimum atomic E-state index is -0.554. The topological polar surface area (TPSA) is 102 Å². The Morgan fingerprint density at radius 3 is 2.41 bits per heavy atom. The molecule has 1 saturated heterocycles. The smallest absolute Gasteiger partial charge is 0.219 e. The van der Waals surface area contributed by atoms with Crippen LogP contribution in [0.2, 0.25) is 0 Å². The number of amides is 1. The molecule has 39 heavy (non-hydrogen) atoms. The molecule has 8 heteroatoms. The Hall–Kier alpha value is -4.77. The van der Waals surface area contributed by atoms with Gasteiger partial charge in [-0.05, 0) is 43.2 Å². The van der Waals surface area contributed by atoms with Crippen molar-refractivity contribution in [1.82, 2.24) is 25.1 Å². The highest BCUT2D eigenvalue weighted by Crippen LogP contribution is 2.35. The van der Waals surface area contributed by atoms with Crippen LogP contribution in [0.3, 0.4) is 0 Å². The van der Waals surface area contributed by atoms with Gasteiger partial charge in [0.1, 0.15) is 5.69 Å². The molecule has 0 radical (unpaired) electrons. The number of rotatable bonds is 4. The van der Waals surface area contributed by atoms with Gasteiger partial charge >= 0.3 is 0 Å². The van der Waals surface area contributed by atoms with E-state index in [1.807, 2.05) is 67.7 Å². The Bertz CT molecular complexity index is 1740. The number of carbonyl (C=O) groups is 1. The molecule has 2 aromatic carbocycles. The standard InChI is InChI=1S/C31H29N7O/c1-20(39)37-10-12-38(13-11-37)25-14-23(16-33-17-25)22-6-9-27-26(15-22)29-28(18-34-27)35-36-30(29)21-4-7-24(8-5-21)31(2,3)19-32/h4-9,14-18H,10-13H2,1-3H3,(H,35,36). The maximum Gasteiger partial charge on any atom is 0.219 e. The second kappa shape index (κ2) is 9.52. The van der Waals surface area contributed by atoms with E-state index >= 15 is 0 Å². The van der Waals surface area contributed by atoms with Gasteiger partial charge in [-0.2, -0.15) is 10.4 Å². The lowest BCUT2D eigenvalue weighted by Crippen LogP contribution is -2.48. The van der Waals surface area contributed by atoms with Crippen molar-refractivity contribution >= 4 is 33.4 Å². The lowest BCUT2D eigenvalue weighted by Gasteiger charge is -2.35. The number of nitrogens with one attached hydrogen (secondary N) is 1. The minimum Gasteiger partial charge on any atom is -0.367 e. The Labute approximate surface area is 226 Å². The van der Waals surface area contributed by atoms with Crippen LogP contribution in [0.15, 0.2) is 67.1 Å². The van der Waals surface area contributed by atoms with E-state index in [1.165, 1.54) is 0 Å². The van der Waals surface area contributed by atoms with E-state index in [0.29, 0.717) is 0 Å². The highest BCUT2D eigenvalue weighted by molar-refractivity contribution is 6.11. The lowest BCUT2D eigenvalue weighted by atomic mass is 9.86. The summed E-state index contributed by atoms with van der Waals surface area (Å²) in [5.41, 5.74) is 7.12. The second-order valence-electron chi connectivity index (χ2n) is 10.6. The molecule has 0 bridgehead atoms. The first-order chi connectivity index (χ1) is 18.8. The van der Waals surface area contributed by atoms with Crippen LogP contribution in [0, 0.1) is 11.3 Å². The van der Waals surface area contributed by atoms with Crippen LogP contribution < -0.4 is 4.90 Å². The van der Waals surface area contributed by atoms with Gasteiger partial charge in [0.05, 0.1) is 40.6 Å². The van der Waals surface area contributed by atoms with Crippen LogP contribution in [0.4, 0.5) is 5.69 Å². The predicted molar refractivity (Wildman–Crippen MR) is 153 cm³/mol. The molecule has 1 N–H and O–H groups in total. The maximum atomic E-state index is 11.7. The number of anilines is 1. The van der Waals surface area contributed by atoms with E-state index < -0.39 is 5.41 Å². The Balaban J connectivity index is 1.38. The number of aromatic amines is 1. The van der Waals surface area contributed by atoms with Crippen molar-refractivity contribution in [1.29, 1.82) is 5.26 Å². The number of benzene rings is 2. The molecule has 5 aromatic rings. The highest BCUT2D eigenvalue weighted by atomic mass is 16.2. The van der Waals surface area contributed by atoms with E-state index in [0.717, 1.165) is 81.6 Å². The molecule has 194 valence electrons. The van der Waals surface area contributed by atoms with Gasteiger partial charge in [-0.1, -0.05) is 30.3 Å². The molecular formula is C31H29N7O. The first-order valence-corrected chi connectivity index (χ1v) is 13.1. The van der Waals surface area contributed by atoms with Crippen LogP contribution >= 0.6 is 0 Å². The number of hydrogen-bond donors (Lipinski definition) is 1. The van der Waals surface area contributed by atoms with E-state index in [-0.39, 0.29) is 5.91 Å². The summed E-state index contributed by atoms with van der Waals surface area (Å²) in [5, 5.41) is 19.3. The summed E-state index contributed by atoms with van der Waals surface area (Å²) in [4.78, 5) is 25.1. The Morgan fingerprint density at radius 2 is 1.69 bits per heavy atom. The molecule has 0 spiro atoms. The van der Waals surface area contributed by atoms with Crippen LogP contribution in [0.1, 0.15) is 26.3 Å². The SMILES string of the molecule is CC(=O)N1CCN(c2cncc(-c3ccc4ncc5[nH]nc(-c6ccc(C(C)(C)C#N)cc6)c5c4c3)c2)CC1. The van der Waals surface area contributed by atoms with Crippen LogP contribution in [-0.2, 0) is 10.2 Å². The van der Waals surface area contributed by atoms with E-state index in [9.17, 15) is 10.1 Å². The molecule has 1 fully saturated rings. The third kappa shape index (κ3) is 4.46. The molecule has 0 unspecified atom stereocenters. The number of pyridine rings is 2. The van der Waals surface area contributed by atoms with Gasteiger partial charge in [0.15, 0.2) is 0 Å². The third-order valence-corrected chi connectivity index (χ3v) is 7.70. The maximum absolute atomic E-state index is 11.7. The summed E-state index contributed by atoms with van der Waals surface area (Å²) in [6.45, 7) is 8.48. The van der Waals surface area contributed by atoms with Crippen molar-refractivity contribution in [3.8, 4) is 28.5 Å². The van der Waals surface area contributed by atoms with Gasteiger partial charge in [0.25, 0.3) is 0 Å². The molecule has 4 heterocycles. The molecule has 3 aromatic heterocycles. The van der Waals surface area contributed by atoms with Crippen molar-refractivity contribution in [2.24, 2.45) is 0 Å². The van der Waals surface area contributed by atoms with E-state index in [4.69, 9.17) is 0 Å². The van der Waals surface area contributed by atoms with Gasteiger partial charge in [-0.3, -0.25) is 19.9 Å². The highest BCUT2D eigenvalue weighted by Gasteiger charge is 2.21. The first kappa shape index (κ1) is 24.6. The number of fused-ring (bicyclic) bond motifs is 3. The van der Waals surface area contributed by atoms with Gasteiger partial charge in [-0.25, -0.2) is 0 Å². The molecule has 8 nitrogen and oxygen atoms in total. The predicted octanol–water partition coefficient (Wildman–Crippen LogP) is 5.31. The molecule has 6 rings (SSSR count). The summed E-state index contributed by atoms with van der Waals surface area (Å²) in [6, 6.07) is 18.9. The van der Waals surface area contributed by atoms with Crippen molar-refractivity contribution in [3.63, 3.8) is 0 Å². The summed E-state index contributed by atoms with van der Waals surface area (Å²) in [7, 11) is 0. The number of nitrogens with zero attached hydrogens (tertiary/aromatic N) is 6. The Morgan fingerprint density at radius 1 is 0.949 bits per heavy atom. The number of H-pyrrole nitrogens is 1. The zero-order valence-corrected chi connectivity index (χ0v) is 22.3. The number of aromatic nitrogens is 4. The average molecular weight is 516 g/mol. The van der Waals surface area contributed by atoms with Crippen LogP contribution in [0.25, 0.3) is 44.2 Å². The lowest BCUT2D eigenvalue weighted by molar-refractivity contribution is -0.129. The zero-order valence-electron chi connectivity index (χ0n) is 22.3. The molecular weight excluding hydrogens is 486 g/mol. The quantitative estimate of drug-likeness (QED) is 0.348. The number of piperazine rings is 1. The Kier molecular flexibility index (Phi) is 5.99. The molecule has 1 aliphatic rings. The number of nitriles is 1. The van der Waals surface area contributed by atoms with Crippen LogP contribution in [0.5, 0.6) is 0 Å². The molecule has 1 amide bonds.